The number of nitrogens with one attached hydrogen (secondary N) is 2. The molecule has 7 nitrogen and oxygen atoms in total. The molecule has 2 N–H and O–H groups in total. The summed E-state index contributed by atoms with van der Waals surface area (Å²) in [6, 6.07) is 17.1. The molecule has 32 heavy (non-hydrogen) atoms. The second kappa shape index (κ2) is 10.1. The monoisotopic (exact) mass is 494 g/mol. The van der Waals surface area contributed by atoms with E-state index in [1.165, 1.54) is 49.6 Å². The van der Waals surface area contributed by atoms with Gasteiger partial charge in [-0.3, -0.25) is 9.52 Å². The lowest BCUT2D eigenvalue weighted by atomic mass is 10.3. The number of halogens is 2. The third-order valence-electron chi connectivity index (χ3n) is 4.29. The standard InChI is InChI=1S/C22H20Cl2N2O5S/c1-14(31-21-6-4-3-5-20(21)30-2)22(27)25-17-7-9-19(10-8-17)32(28,29)26-18-12-15(23)11-16(24)13-18/h3-14,26H,1-2H3,(H,25,27)/t14-/m1/s1. The Labute approximate surface area is 196 Å². The predicted molar refractivity (Wildman–Crippen MR) is 125 cm³/mol. The summed E-state index contributed by atoms with van der Waals surface area (Å²) in [4.78, 5) is 12.5. The first kappa shape index (κ1) is 23.7. The maximum atomic E-state index is 12.6. The van der Waals surface area contributed by atoms with Gasteiger partial charge in [-0.2, -0.15) is 0 Å². The largest absolute Gasteiger partial charge is 0.493 e. The van der Waals surface area contributed by atoms with Crippen molar-refractivity contribution in [1.29, 1.82) is 0 Å². The molecule has 0 saturated carbocycles. The van der Waals surface area contributed by atoms with E-state index in [0.29, 0.717) is 27.2 Å². The van der Waals surface area contributed by atoms with E-state index in [9.17, 15) is 13.2 Å². The zero-order chi connectivity index (χ0) is 23.3. The molecule has 0 aliphatic rings. The fourth-order valence-corrected chi connectivity index (χ4v) is 4.31. The number of benzene rings is 3. The van der Waals surface area contributed by atoms with Crippen molar-refractivity contribution in [3.05, 3.63) is 76.8 Å². The third-order valence-corrected chi connectivity index (χ3v) is 6.12. The van der Waals surface area contributed by atoms with Crippen LogP contribution in [0.2, 0.25) is 10.0 Å². The van der Waals surface area contributed by atoms with Gasteiger partial charge in [0.2, 0.25) is 0 Å². The number of methoxy groups -OCH3 is 1. The first-order chi connectivity index (χ1) is 15.2. The Balaban J connectivity index is 1.66. The number of sulfonamides is 1. The summed E-state index contributed by atoms with van der Waals surface area (Å²) >= 11 is 11.8. The van der Waals surface area contributed by atoms with E-state index in [4.69, 9.17) is 32.7 Å². The zero-order valence-corrected chi connectivity index (χ0v) is 19.5. The average Bonchev–Trinajstić information content (AvgIpc) is 2.73. The molecule has 1 atom stereocenters. The predicted octanol–water partition coefficient (Wildman–Crippen LogP) is 5.21. The number of amides is 1. The molecule has 10 heteroatoms. The summed E-state index contributed by atoms with van der Waals surface area (Å²) in [5.41, 5.74) is 0.650. The summed E-state index contributed by atoms with van der Waals surface area (Å²) in [6.45, 7) is 1.60. The van der Waals surface area contributed by atoms with Crippen molar-refractivity contribution in [3.8, 4) is 11.5 Å². The van der Waals surface area contributed by atoms with Crippen molar-refractivity contribution < 1.29 is 22.7 Å². The van der Waals surface area contributed by atoms with Gasteiger partial charge in [0.05, 0.1) is 17.7 Å². The Morgan fingerprint density at radius 1 is 0.906 bits per heavy atom. The Hall–Kier alpha value is -2.94. The van der Waals surface area contributed by atoms with Crippen LogP contribution in [0, 0.1) is 0 Å². The molecule has 0 bridgehead atoms. The van der Waals surface area contributed by atoms with Gasteiger partial charge in [-0.05, 0) is 61.5 Å². The van der Waals surface area contributed by atoms with Crippen LogP contribution in [0.5, 0.6) is 11.5 Å². The Morgan fingerprint density at radius 3 is 2.09 bits per heavy atom. The molecule has 0 aromatic heterocycles. The van der Waals surface area contributed by atoms with Crippen molar-refractivity contribution in [2.24, 2.45) is 0 Å². The number of rotatable bonds is 8. The molecule has 168 valence electrons. The second-order valence-corrected chi connectivity index (χ2v) is 9.24. The van der Waals surface area contributed by atoms with Crippen LogP contribution < -0.4 is 19.5 Å². The van der Waals surface area contributed by atoms with E-state index >= 15 is 0 Å². The van der Waals surface area contributed by atoms with Crippen molar-refractivity contribution in [2.45, 2.75) is 17.9 Å². The molecule has 0 heterocycles. The third kappa shape index (κ3) is 6.06. The molecular formula is C22H20Cl2N2O5S. The molecular weight excluding hydrogens is 475 g/mol. The average molecular weight is 495 g/mol. The van der Waals surface area contributed by atoms with Gasteiger partial charge in [0.25, 0.3) is 15.9 Å². The number of carbonyl (C=O) groups is 1. The van der Waals surface area contributed by atoms with Crippen LogP contribution in [0.4, 0.5) is 11.4 Å². The van der Waals surface area contributed by atoms with E-state index in [0.717, 1.165) is 0 Å². The van der Waals surface area contributed by atoms with E-state index in [2.05, 4.69) is 10.0 Å². The van der Waals surface area contributed by atoms with Crippen molar-refractivity contribution in [3.63, 3.8) is 0 Å². The number of hydrogen-bond acceptors (Lipinski definition) is 5. The molecule has 0 unspecified atom stereocenters. The Morgan fingerprint density at radius 2 is 1.50 bits per heavy atom. The minimum Gasteiger partial charge on any atom is -0.493 e. The quantitative estimate of drug-likeness (QED) is 0.448. The molecule has 0 spiro atoms. The summed E-state index contributed by atoms with van der Waals surface area (Å²) in [5, 5.41) is 3.29. The molecule has 0 aliphatic carbocycles. The van der Waals surface area contributed by atoms with Crippen LogP contribution in [0.15, 0.2) is 71.6 Å². The van der Waals surface area contributed by atoms with E-state index in [-0.39, 0.29) is 10.6 Å². The van der Waals surface area contributed by atoms with Crippen LogP contribution in [-0.2, 0) is 14.8 Å². The Kier molecular flexibility index (Phi) is 7.50. The molecule has 1 amide bonds. The van der Waals surface area contributed by atoms with Crippen LogP contribution in [-0.4, -0.2) is 27.5 Å². The molecule has 3 aromatic rings. The minimum absolute atomic E-state index is 0.00455. The number of ether oxygens (including phenoxy) is 2. The summed E-state index contributed by atoms with van der Waals surface area (Å²) in [5.74, 6) is 0.541. The van der Waals surface area contributed by atoms with Gasteiger partial charge in [0.15, 0.2) is 17.6 Å². The van der Waals surface area contributed by atoms with Gasteiger partial charge in [-0.15, -0.1) is 0 Å². The van der Waals surface area contributed by atoms with Crippen LogP contribution >= 0.6 is 23.2 Å². The highest BCUT2D eigenvalue weighted by Gasteiger charge is 2.18. The fourth-order valence-electron chi connectivity index (χ4n) is 2.75. The highest BCUT2D eigenvalue weighted by Crippen LogP contribution is 2.27. The summed E-state index contributed by atoms with van der Waals surface area (Å²) < 4.78 is 38.5. The number of carbonyl (C=O) groups excluding carboxylic acids is 1. The number of para-hydroxylation sites is 2. The van der Waals surface area contributed by atoms with Gasteiger partial charge in [0, 0.05) is 15.7 Å². The molecule has 0 aliphatic heterocycles. The smallest absolute Gasteiger partial charge is 0.265 e. The lowest BCUT2D eigenvalue weighted by Crippen LogP contribution is -2.30. The SMILES string of the molecule is COc1ccccc1O[C@H](C)C(=O)Nc1ccc(S(=O)(=O)Nc2cc(Cl)cc(Cl)c2)cc1. The number of hydrogen-bond donors (Lipinski definition) is 2. The van der Waals surface area contributed by atoms with Gasteiger partial charge >= 0.3 is 0 Å². The molecule has 0 radical (unpaired) electrons. The van der Waals surface area contributed by atoms with Crippen LogP contribution in [0.3, 0.4) is 0 Å². The molecule has 0 saturated heterocycles. The second-order valence-electron chi connectivity index (χ2n) is 6.69. The van der Waals surface area contributed by atoms with Gasteiger partial charge in [-0.25, -0.2) is 8.42 Å². The van der Waals surface area contributed by atoms with E-state index < -0.39 is 22.0 Å². The zero-order valence-electron chi connectivity index (χ0n) is 17.1. The lowest BCUT2D eigenvalue weighted by molar-refractivity contribution is -0.122. The minimum atomic E-state index is -3.88. The fraction of sp³-hybridized carbons (Fsp3) is 0.136. The van der Waals surface area contributed by atoms with Gasteiger partial charge < -0.3 is 14.8 Å². The molecule has 0 fully saturated rings. The van der Waals surface area contributed by atoms with E-state index in [1.807, 2.05) is 0 Å². The maximum absolute atomic E-state index is 12.6. The molecule has 3 aromatic carbocycles. The first-order valence-electron chi connectivity index (χ1n) is 9.37. The lowest BCUT2D eigenvalue weighted by Gasteiger charge is -2.16. The highest BCUT2D eigenvalue weighted by atomic mass is 35.5. The van der Waals surface area contributed by atoms with Crippen molar-refractivity contribution >= 4 is 50.5 Å². The van der Waals surface area contributed by atoms with Crippen LogP contribution in [0.25, 0.3) is 0 Å². The van der Waals surface area contributed by atoms with Crippen molar-refractivity contribution in [1.82, 2.24) is 0 Å². The number of anilines is 2. The highest BCUT2D eigenvalue weighted by molar-refractivity contribution is 7.92. The van der Waals surface area contributed by atoms with E-state index in [1.54, 1.807) is 31.2 Å². The molecule has 3 rings (SSSR count). The topological polar surface area (TPSA) is 93.7 Å². The Bertz CT molecular complexity index is 1200. The van der Waals surface area contributed by atoms with Gasteiger partial charge in [-0.1, -0.05) is 35.3 Å². The summed E-state index contributed by atoms with van der Waals surface area (Å²) in [7, 11) is -2.36. The first-order valence-corrected chi connectivity index (χ1v) is 11.6. The summed E-state index contributed by atoms with van der Waals surface area (Å²) in [6.07, 6.45) is -0.816. The maximum Gasteiger partial charge on any atom is 0.265 e. The van der Waals surface area contributed by atoms with Gasteiger partial charge in [0.1, 0.15) is 0 Å². The van der Waals surface area contributed by atoms with Crippen molar-refractivity contribution in [2.75, 3.05) is 17.1 Å². The normalized spacial score (nSPS) is 12.0. The van der Waals surface area contributed by atoms with Crippen LogP contribution in [0.1, 0.15) is 6.92 Å².